The minimum absolute atomic E-state index is 0.244. The van der Waals surface area contributed by atoms with Gasteiger partial charge in [-0.2, -0.15) is 0 Å². The molecule has 0 unspecified atom stereocenters. The summed E-state index contributed by atoms with van der Waals surface area (Å²) in [6.07, 6.45) is 9.95. The lowest BCUT2D eigenvalue weighted by molar-refractivity contribution is 0.0953. The maximum absolute atomic E-state index is 12.5. The Morgan fingerprint density at radius 2 is 1.77 bits per heavy atom. The molecule has 2 aromatic rings. The molecule has 1 heterocycles. The van der Waals surface area contributed by atoms with Crippen molar-refractivity contribution in [1.82, 2.24) is 21.1 Å². The maximum atomic E-state index is 12.5. The van der Waals surface area contributed by atoms with Crippen molar-refractivity contribution in [2.75, 3.05) is 26.2 Å². The molecule has 1 fully saturated rings. The Kier molecular flexibility index (Phi) is 9.46. The monoisotopic (exact) mass is 452 g/mol. The summed E-state index contributed by atoms with van der Waals surface area (Å²) in [5.74, 6) is -0.244. The van der Waals surface area contributed by atoms with E-state index in [1.165, 1.54) is 38.4 Å². The predicted octanol–water partition coefficient (Wildman–Crippen LogP) is 4.67. The molecular formula is C22H30Cl2N4O2. The van der Waals surface area contributed by atoms with Crippen molar-refractivity contribution in [3.8, 4) is 11.3 Å². The smallest absolute Gasteiger partial charge is 0.256 e. The second kappa shape index (κ2) is 12.3. The van der Waals surface area contributed by atoms with Crippen LogP contribution in [0, 0.1) is 0 Å². The molecule has 30 heavy (non-hydrogen) atoms. The molecule has 1 amide bonds. The van der Waals surface area contributed by atoms with E-state index in [1.807, 2.05) is 0 Å². The fraction of sp³-hybridized carbons (Fsp3) is 0.545. The molecule has 6 nitrogen and oxygen atoms in total. The maximum Gasteiger partial charge on any atom is 0.256 e. The molecule has 164 valence electrons. The van der Waals surface area contributed by atoms with Crippen LogP contribution >= 0.6 is 23.2 Å². The summed E-state index contributed by atoms with van der Waals surface area (Å²) in [6, 6.07) is 5.86. The summed E-state index contributed by atoms with van der Waals surface area (Å²) in [4.78, 5) is 12.5. The molecule has 3 rings (SSSR count). The van der Waals surface area contributed by atoms with Gasteiger partial charge < -0.3 is 20.5 Å². The van der Waals surface area contributed by atoms with E-state index < -0.39 is 0 Å². The summed E-state index contributed by atoms with van der Waals surface area (Å²) in [5, 5.41) is 14.8. The Hall–Kier alpha value is -1.60. The molecule has 1 aliphatic rings. The molecule has 0 bridgehead atoms. The summed E-state index contributed by atoms with van der Waals surface area (Å²) >= 11 is 12.5. The van der Waals surface area contributed by atoms with E-state index in [1.54, 1.807) is 18.2 Å². The van der Waals surface area contributed by atoms with E-state index in [9.17, 15) is 4.79 Å². The first-order valence-corrected chi connectivity index (χ1v) is 11.5. The molecule has 1 aliphatic carbocycles. The lowest BCUT2D eigenvalue weighted by Crippen LogP contribution is -2.36. The molecule has 3 N–H and O–H groups in total. The summed E-state index contributed by atoms with van der Waals surface area (Å²) in [7, 11) is 0. The van der Waals surface area contributed by atoms with E-state index in [4.69, 9.17) is 27.7 Å². The van der Waals surface area contributed by atoms with Crippen molar-refractivity contribution in [3.05, 3.63) is 40.1 Å². The van der Waals surface area contributed by atoms with Crippen LogP contribution in [-0.2, 0) is 0 Å². The highest BCUT2D eigenvalue weighted by molar-refractivity contribution is 6.39. The van der Waals surface area contributed by atoms with Crippen LogP contribution in [0.25, 0.3) is 11.3 Å². The average Bonchev–Trinajstić information content (AvgIpc) is 3.22. The molecule has 1 aromatic heterocycles. The lowest BCUT2D eigenvalue weighted by atomic mass is 9.95. The van der Waals surface area contributed by atoms with E-state index in [-0.39, 0.29) is 5.91 Å². The lowest BCUT2D eigenvalue weighted by Gasteiger charge is -2.22. The van der Waals surface area contributed by atoms with Crippen LogP contribution in [-0.4, -0.2) is 43.3 Å². The Balaban J connectivity index is 1.32. The Morgan fingerprint density at radius 3 is 2.53 bits per heavy atom. The largest absolute Gasteiger partial charge is 0.363 e. The number of nitrogens with zero attached hydrogens (tertiary/aromatic N) is 1. The minimum atomic E-state index is -0.244. The second-order valence-electron chi connectivity index (χ2n) is 7.68. The molecule has 8 heteroatoms. The molecule has 0 aliphatic heterocycles. The van der Waals surface area contributed by atoms with Crippen molar-refractivity contribution in [3.63, 3.8) is 0 Å². The quantitative estimate of drug-likeness (QED) is 0.431. The van der Waals surface area contributed by atoms with Gasteiger partial charge in [0.1, 0.15) is 17.5 Å². The first kappa shape index (κ1) is 23.1. The highest BCUT2D eigenvalue weighted by Crippen LogP contribution is 2.35. The van der Waals surface area contributed by atoms with Gasteiger partial charge in [0.15, 0.2) is 0 Å². The predicted molar refractivity (Wildman–Crippen MR) is 121 cm³/mol. The number of carbonyl (C=O) groups is 1. The van der Waals surface area contributed by atoms with Gasteiger partial charge in [0.25, 0.3) is 5.91 Å². The summed E-state index contributed by atoms with van der Waals surface area (Å²) in [6.45, 7) is 3.52. The van der Waals surface area contributed by atoms with Crippen LogP contribution < -0.4 is 16.0 Å². The summed E-state index contributed by atoms with van der Waals surface area (Å²) in [5.41, 5.74) is 1.19. The normalized spacial score (nSPS) is 14.7. The Labute approximate surface area is 188 Å². The van der Waals surface area contributed by atoms with Gasteiger partial charge in [-0.25, -0.2) is 0 Å². The molecule has 0 atom stereocenters. The standard InChI is InChI=1S/C22H30Cl2N4O2/c23-18-9-6-10-19(24)20(18)21-17(15-30-28-21)22(29)27-12-5-4-11-25-13-14-26-16-7-2-1-3-8-16/h6,9-10,15-16,25-26H,1-5,7-8,11-14H2,(H,27,29). The highest BCUT2D eigenvalue weighted by Gasteiger charge is 2.21. The molecule has 0 spiro atoms. The molecular weight excluding hydrogens is 423 g/mol. The van der Waals surface area contributed by atoms with Crippen molar-refractivity contribution in [2.24, 2.45) is 0 Å². The fourth-order valence-electron chi connectivity index (χ4n) is 3.77. The van der Waals surface area contributed by atoms with Crippen molar-refractivity contribution >= 4 is 29.1 Å². The zero-order valence-electron chi connectivity index (χ0n) is 17.2. The third-order valence-electron chi connectivity index (χ3n) is 5.42. The highest BCUT2D eigenvalue weighted by atomic mass is 35.5. The minimum Gasteiger partial charge on any atom is -0.363 e. The van der Waals surface area contributed by atoms with Crippen LogP contribution in [0.2, 0.25) is 10.0 Å². The Morgan fingerprint density at radius 1 is 1.03 bits per heavy atom. The number of carbonyl (C=O) groups excluding carboxylic acids is 1. The number of nitrogens with one attached hydrogen (secondary N) is 3. The molecule has 0 radical (unpaired) electrons. The number of aromatic nitrogens is 1. The number of amides is 1. The van der Waals surface area contributed by atoms with Gasteiger partial charge in [0.2, 0.25) is 0 Å². The van der Waals surface area contributed by atoms with Gasteiger partial charge >= 0.3 is 0 Å². The zero-order valence-corrected chi connectivity index (χ0v) is 18.7. The van der Waals surface area contributed by atoms with Gasteiger partial charge in [-0.05, 0) is 44.4 Å². The SMILES string of the molecule is O=C(NCCCCNCCNC1CCCCC1)c1conc1-c1c(Cl)cccc1Cl. The van der Waals surface area contributed by atoms with E-state index in [0.717, 1.165) is 32.5 Å². The van der Waals surface area contributed by atoms with E-state index in [2.05, 4.69) is 21.1 Å². The second-order valence-corrected chi connectivity index (χ2v) is 8.49. The topological polar surface area (TPSA) is 79.2 Å². The van der Waals surface area contributed by atoms with Crippen molar-refractivity contribution < 1.29 is 9.32 Å². The average molecular weight is 453 g/mol. The van der Waals surface area contributed by atoms with Crippen LogP contribution in [0.5, 0.6) is 0 Å². The number of rotatable bonds is 11. The van der Waals surface area contributed by atoms with Crippen molar-refractivity contribution in [1.29, 1.82) is 0 Å². The van der Waals surface area contributed by atoms with Crippen molar-refractivity contribution in [2.45, 2.75) is 51.0 Å². The number of halogens is 2. The first-order valence-electron chi connectivity index (χ1n) is 10.8. The Bertz CT molecular complexity index is 786. The zero-order chi connectivity index (χ0) is 21.2. The van der Waals surface area contributed by atoms with Gasteiger partial charge in [-0.15, -0.1) is 0 Å². The van der Waals surface area contributed by atoms with E-state index >= 15 is 0 Å². The van der Waals surface area contributed by atoms with Crippen LogP contribution in [0.4, 0.5) is 0 Å². The number of hydrogen-bond acceptors (Lipinski definition) is 5. The van der Waals surface area contributed by atoms with Crippen LogP contribution in [0.1, 0.15) is 55.3 Å². The van der Waals surface area contributed by atoms with Gasteiger partial charge in [0, 0.05) is 31.2 Å². The van der Waals surface area contributed by atoms with Gasteiger partial charge in [0.05, 0.1) is 10.0 Å². The number of unbranched alkanes of at least 4 members (excludes halogenated alkanes) is 1. The number of benzene rings is 1. The molecule has 1 aromatic carbocycles. The third-order valence-corrected chi connectivity index (χ3v) is 6.05. The third kappa shape index (κ3) is 6.71. The molecule has 0 saturated heterocycles. The number of hydrogen-bond donors (Lipinski definition) is 3. The first-order chi connectivity index (χ1) is 14.7. The molecule has 1 saturated carbocycles. The van der Waals surface area contributed by atoms with Crippen LogP contribution in [0.3, 0.4) is 0 Å². The van der Waals surface area contributed by atoms with E-state index in [0.29, 0.717) is 39.5 Å². The summed E-state index contributed by atoms with van der Waals surface area (Å²) < 4.78 is 5.01. The fourth-order valence-corrected chi connectivity index (χ4v) is 4.35. The van der Waals surface area contributed by atoms with Crippen LogP contribution in [0.15, 0.2) is 29.0 Å². The van der Waals surface area contributed by atoms with Gasteiger partial charge in [-0.3, -0.25) is 4.79 Å². The van der Waals surface area contributed by atoms with Gasteiger partial charge in [-0.1, -0.05) is 53.7 Å².